The molecule has 0 atom stereocenters. The average molecular weight is 528 g/mol. The average Bonchev–Trinajstić information content (AvgIpc) is 2.96. The van der Waals surface area contributed by atoms with Gasteiger partial charge in [0.1, 0.15) is 17.4 Å². The minimum absolute atomic E-state index is 0.0245. The van der Waals surface area contributed by atoms with E-state index in [1.54, 1.807) is 67.0 Å². The van der Waals surface area contributed by atoms with Crippen molar-refractivity contribution in [2.24, 2.45) is 0 Å². The summed E-state index contributed by atoms with van der Waals surface area (Å²) >= 11 is 0. The number of aromatic nitrogens is 2. The molecule has 0 radical (unpaired) electrons. The second-order valence-corrected chi connectivity index (χ2v) is 8.22. The number of nitrogens with zero attached hydrogens (tertiary/aromatic N) is 3. The molecule has 0 saturated heterocycles. The van der Waals surface area contributed by atoms with E-state index in [0.717, 1.165) is 0 Å². The summed E-state index contributed by atoms with van der Waals surface area (Å²) in [5.74, 6) is 0.828. The van der Waals surface area contributed by atoms with Gasteiger partial charge in [-0.15, -0.1) is 0 Å². The number of anilines is 4. The van der Waals surface area contributed by atoms with Crippen molar-refractivity contribution < 1.29 is 24.7 Å². The Kier molecular flexibility index (Phi) is 8.57. The Balaban J connectivity index is 1.56. The highest BCUT2D eigenvalue weighted by molar-refractivity contribution is 6.10. The summed E-state index contributed by atoms with van der Waals surface area (Å²) in [5.41, 5.74) is 2.98. The molecule has 0 aliphatic rings. The van der Waals surface area contributed by atoms with Gasteiger partial charge in [0.15, 0.2) is 5.78 Å². The molecule has 39 heavy (non-hydrogen) atoms. The number of carbonyl (C=O) groups excluding carboxylic acids is 1. The standard InChI is InChI=1S/C28H25N5O6/c1-39-26-15-21(14-19(16-34)24(26)17-35)32-28-23(5-3-13-30-28)25(36)11-6-18-4-2-12-29-27(18)31-20-7-9-22(10-8-20)33(37)38/h2-15,34-35H,16-17H2,1H3,(H,29,31)(H,30,32). The minimum Gasteiger partial charge on any atom is -0.496 e. The Morgan fingerprint density at radius 2 is 1.67 bits per heavy atom. The highest BCUT2D eigenvalue weighted by Crippen LogP contribution is 2.30. The number of nitro groups is 1. The molecule has 0 spiro atoms. The molecule has 4 aromatic rings. The Hall–Kier alpha value is -5.13. The zero-order chi connectivity index (χ0) is 27.8. The molecule has 0 aliphatic heterocycles. The Morgan fingerprint density at radius 1 is 0.974 bits per heavy atom. The number of rotatable bonds is 11. The summed E-state index contributed by atoms with van der Waals surface area (Å²) in [4.78, 5) is 32.2. The molecule has 0 unspecified atom stereocenters. The van der Waals surface area contributed by atoms with Gasteiger partial charge in [-0.05, 0) is 60.2 Å². The largest absolute Gasteiger partial charge is 0.496 e. The molecule has 4 N–H and O–H groups in total. The van der Waals surface area contributed by atoms with Crippen LogP contribution in [0.3, 0.4) is 0 Å². The topological polar surface area (TPSA) is 160 Å². The van der Waals surface area contributed by atoms with E-state index in [2.05, 4.69) is 20.6 Å². The molecular formula is C28H25N5O6. The number of ketones is 1. The number of allylic oxidation sites excluding steroid dienone is 1. The van der Waals surface area contributed by atoms with E-state index in [4.69, 9.17) is 4.74 Å². The van der Waals surface area contributed by atoms with Crippen molar-refractivity contribution in [1.82, 2.24) is 9.97 Å². The lowest BCUT2D eigenvalue weighted by molar-refractivity contribution is -0.384. The summed E-state index contributed by atoms with van der Waals surface area (Å²) in [7, 11) is 1.46. The molecule has 0 bridgehead atoms. The van der Waals surface area contributed by atoms with Crippen LogP contribution in [-0.4, -0.2) is 38.0 Å². The van der Waals surface area contributed by atoms with Gasteiger partial charge in [-0.2, -0.15) is 0 Å². The van der Waals surface area contributed by atoms with Crippen LogP contribution in [-0.2, 0) is 13.2 Å². The van der Waals surface area contributed by atoms with Gasteiger partial charge in [-0.1, -0.05) is 0 Å². The van der Waals surface area contributed by atoms with Gasteiger partial charge < -0.3 is 25.6 Å². The summed E-state index contributed by atoms with van der Waals surface area (Å²) in [6, 6.07) is 16.0. The quantitative estimate of drug-likeness (QED) is 0.0926. The number of nitrogens with one attached hydrogen (secondary N) is 2. The number of ether oxygens (including phenoxy) is 1. The maximum atomic E-state index is 13.2. The zero-order valence-corrected chi connectivity index (χ0v) is 20.9. The van der Waals surface area contributed by atoms with Gasteiger partial charge in [0.25, 0.3) is 5.69 Å². The molecule has 2 aromatic carbocycles. The number of pyridine rings is 2. The van der Waals surface area contributed by atoms with Crippen molar-refractivity contribution in [3.63, 3.8) is 0 Å². The van der Waals surface area contributed by atoms with E-state index >= 15 is 0 Å². The minimum atomic E-state index is -0.474. The van der Waals surface area contributed by atoms with Crippen molar-refractivity contribution in [1.29, 1.82) is 0 Å². The first-order chi connectivity index (χ1) is 18.9. The van der Waals surface area contributed by atoms with E-state index < -0.39 is 4.92 Å². The maximum absolute atomic E-state index is 13.2. The Bertz CT molecular complexity index is 1500. The molecule has 11 nitrogen and oxygen atoms in total. The van der Waals surface area contributed by atoms with Gasteiger partial charge in [-0.25, -0.2) is 9.97 Å². The fourth-order valence-corrected chi connectivity index (χ4v) is 3.83. The molecule has 0 amide bonds. The number of hydrogen-bond acceptors (Lipinski definition) is 10. The smallest absolute Gasteiger partial charge is 0.269 e. The Labute approximate surface area is 223 Å². The highest BCUT2D eigenvalue weighted by Gasteiger charge is 2.15. The summed E-state index contributed by atoms with van der Waals surface area (Å²) in [6.45, 7) is -0.604. The van der Waals surface area contributed by atoms with Crippen LogP contribution in [0.15, 0.2) is 79.1 Å². The molecule has 4 rings (SSSR count). The van der Waals surface area contributed by atoms with E-state index in [1.165, 1.54) is 25.3 Å². The van der Waals surface area contributed by atoms with E-state index in [-0.39, 0.29) is 24.7 Å². The summed E-state index contributed by atoms with van der Waals surface area (Å²) in [6.07, 6.45) is 6.15. The van der Waals surface area contributed by atoms with Crippen LogP contribution in [0.2, 0.25) is 0 Å². The Morgan fingerprint density at radius 3 is 2.33 bits per heavy atom. The van der Waals surface area contributed by atoms with E-state index in [9.17, 15) is 25.1 Å². The monoisotopic (exact) mass is 527 g/mol. The number of carbonyl (C=O) groups is 1. The van der Waals surface area contributed by atoms with Crippen LogP contribution in [0.1, 0.15) is 27.0 Å². The number of non-ortho nitro benzene ring substituents is 1. The fraction of sp³-hybridized carbons (Fsp3) is 0.107. The number of aliphatic hydroxyl groups excluding tert-OH is 2. The fourth-order valence-electron chi connectivity index (χ4n) is 3.83. The van der Waals surface area contributed by atoms with Crippen LogP contribution < -0.4 is 15.4 Å². The SMILES string of the molecule is COc1cc(Nc2ncccc2C(=O)C=Cc2cccnc2Nc2ccc([N+](=O)[O-])cc2)cc(CO)c1CO. The second kappa shape index (κ2) is 12.4. The van der Waals surface area contributed by atoms with Crippen molar-refractivity contribution in [2.45, 2.75) is 13.2 Å². The molecule has 2 aromatic heterocycles. The van der Waals surface area contributed by atoms with Gasteiger partial charge in [0.2, 0.25) is 0 Å². The highest BCUT2D eigenvalue weighted by atomic mass is 16.6. The molecule has 198 valence electrons. The first-order valence-electron chi connectivity index (χ1n) is 11.8. The normalized spacial score (nSPS) is 10.8. The number of aliphatic hydroxyl groups is 2. The second-order valence-electron chi connectivity index (χ2n) is 8.22. The lowest BCUT2D eigenvalue weighted by Gasteiger charge is -2.15. The molecule has 0 fully saturated rings. The summed E-state index contributed by atoms with van der Waals surface area (Å²) in [5, 5.41) is 36.5. The number of benzene rings is 2. The maximum Gasteiger partial charge on any atom is 0.269 e. The van der Waals surface area contributed by atoms with Crippen LogP contribution in [0, 0.1) is 10.1 Å². The van der Waals surface area contributed by atoms with Crippen molar-refractivity contribution in [3.8, 4) is 5.75 Å². The van der Waals surface area contributed by atoms with Crippen molar-refractivity contribution in [3.05, 3.63) is 112 Å². The van der Waals surface area contributed by atoms with Gasteiger partial charge in [0.05, 0.1) is 30.8 Å². The van der Waals surface area contributed by atoms with Crippen LogP contribution in [0.4, 0.5) is 28.7 Å². The van der Waals surface area contributed by atoms with Crippen LogP contribution in [0.5, 0.6) is 5.75 Å². The molecule has 2 heterocycles. The summed E-state index contributed by atoms with van der Waals surface area (Å²) < 4.78 is 5.34. The van der Waals surface area contributed by atoms with Crippen molar-refractivity contribution in [2.75, 3.05) is 17.7 Å². The first-order valence-corrected chi connectivity index (χ1v) is 11.8. The number of hydrogen-bond donors (Lipinski definition) is 4. The third-order valence-electron chi connectivity index (χ3n) is 5.78. The van der Waals surface area contributed by atoms with Gasteiger partial charge in [0, 0.05) is 53.1 Å². The predicted octanol–water partition coefficient (Wildman–Crippen LogP) is 4.76. The van der Waals surface area contributed by atoms with E-state index in [1.807, 2.05) is 0 Å². The number of nitro benzene ring substituents is 1. The molecular weight excluding hydrogens is 502 g/mol. The van der Waals surface area contributed by atoms with Crippen LogP contribution >= 0.6 is 0 Å². The van der Waals surface area contributed by atoms with Gasteiger partial charge >= 0.3 is 0 Å². The third-order valence-corrected chi connectivity index (χ3v) is 5.78. The lowest BCUT2D eigenvalue weighted by atomic mass is 10.1. The van der Waals surface area contributed by atoms with Crippen molar-refractivity contribution >= 4 is 40.6 Å². The lowest BCUT2D eigenvalue weighted by Crippen LogP contribution is -2.05. The zero-order valence-electron chi connectivity index (χ0n) is 20.9. The van der Waals surface area contributed by atoms with Gasteiger partial charge in [-0.3, -0.25) is 14.9 Å². The first kappa shape index (κ1) is 26.9. The van der Waals surface area contributed by atoms with Crippen LogP contribution in [0.25, 0.3) is 6.08 Å². The predicted molar refractivity (Wildman–Crippen MR) is 146 cm³/mol. The molecule has 0 aliphatic carbocycles. The third kappa shape index (κ3) is 6.42. The number of methoxy groups -OCH3 is 1. The van der Waals surface area contributed by atoms with E-state index in [0.29, 0.717) is 51.0 Å². The molecule has 11 heteroatoms. The molecule has 0 saturated carbocycles.